The van der Waals surface area contributed by atoms with Gasteiger partial charge in [0.25, 0.3) is 0 Å². The van der Waals surface area contributed by atoms with Crippen LogP contribution in [0.1, 0.15) is 18.3 Å². The molecule has 104 valence electrons. The fourth-order valence-corrected chi connectivity index (χ4v) is 3.18. The number of hydrogen-bond acceptors (Lipinski definition) is 3. The van der Waals surface area contributed by atoms with Gasteiger partial charge in [-0.3, -0.25) is 0 Å². The molecule has 2 heterocycles. The molecule has 3 aromatic rings. The van der Waals surface area contributed by atoms with Crippen molar-refractivity contribution in [2.45, 2.75) is 26.4 Å². The Morgan fingerprint density at radius 2 is 2.15 bits per heavy atom. The number of nitrogens with one attached hydrogen (secondary N) is 1. The van der Waals surface area contributed by atoms with E-state index < -0.39 is 0 Å². The third-order valence-corrected chi connectivity index (χ3v) is 4.24. The summed E-state index contributed by atoms with van der Waals surface area (Å²) in [6, 6.07) is 10.5. The lowest BCUT2D eigenvalue weighted by Crippen LogP contribution is -2.19. The molecule has 4 heteroatoms. The van der Waals surface area contributed by atoms with Crippen LogP contribution in [0.25, 0.3) is 11.0 Å². The van der Waals surface area contributed by atoms with E-state index in [9.17, 15) is 0 Å². The Kier molecular flexibility index (Phi) is 4.14. The summed E-state index contributed by atoms with van der Waals surface area (Å²) < 4.78 is 2.28. The second kappa shape index (κ2) is 6.20. The van der Waals surface area contributed by atoms with Gasteiger partial charge in [-0.25, -0.2) is 4.98 Å². The summed E-state index contributed by atoms with van der Waals surface area (Å²) in [5.41, 5.74) is 3.72. The number of fused-ring (bicyclic) bond motifs is 1. The third kappa shape index (κ3) is 2.76. The average molecular weight is 285 g/mol. The molecule has 20 heavy (non-hydrogen) atoms. The van der Waals surface area contributed by atoms with E-state index in [1.54, 1.807) is 11.3 Å². The van der Waals surface area contributed by atoms with E-state index in [-0.39, 0.29) is 0 Å². The van der Waals surface area contributed by atoms with Gasteiger partial charge in [-0.2, -0.15) is 11.3 Å². The van der Waals surface area contributed by atoms with Crippen LogP contribution in [-0.2, 0) is 19.5 Å². The van der Waals surface area contributed by atoms with Gasteiger partial charge in [0.05, 0.1) is 17.6 Å². The Morgan fingerprint density at radius 3 is 2.95 bits per heavy atom. The lowest BCUT2D eigenvalue weighted by Gasteiger charge is -2.07. The monoisotopic (exact) mass is 285 g/mol. The average Bonchev–Trinajstić information content (AvgIpc) is 3.10. The number of nitrogens with zero attached hydrogens (tertiary/aromatic N) is 2. The summed E-state index contributed by atoms with van der Waals surface area (Å²) in [7, 11) is 0. The van der Waals surface area contributed by atoms with E-state index in [0.29, 0.717) is 0 Å². The molecular weight excluding hydrogens is 266 g/mol. The standard InChI is InChI=1S/C16H19N3S/c1-2-19-15-6-4-3-5-14(15)18-16(19)11-17-9-7-13-8-10-20-12-13/h3-6,8,10,12,17H,2,7,9,11H2,1H3. The first-order chi connectivity index (χ1) is 9.88. The first-order valence-electron chi connectivity index (χ1n) is 7.04. The highest BCUT2D eigenvalue weighted by atomic mass is 32.1. The highest BCUT2D eigenvalue weighted by molar-refractivity contribution is 7.07. The Morgan fingerprint density at radius 1 is 1.25 bits per heavy atom. The van der Waals surface area contributed by atoms with Crippen molar-refractivity contribution in [1.82, 2.24) is 14.9 Å². The highest BCUT2D eigenvalue weighted by Crippen LogP contribution is 2.15. The molecule has 0 unspecified atom stereocenters. The van der Waals surface area contributed by atoms with Gasteiger partial charge in [0.1, 0.15) is 5.82 Å². The summed E-state index contributed by atoms with van der Waals surface area (Å²) in [5, 5.41) is 7.84. The van der Waals surface area contributed by atoms with E-state index in [4.69, 9.17) is 4.98 Å². The first-order valence-corrected chi connectivity index (χ1v) is 7.98. The maximum absolute atomic E-state index is 4.72. The molecule has 0 aliphatic rings. The number of aryl methyl sites for hydroxylation is 1. The van der Waals surface area contributed by atoms with Gasteiger partial charge in [0, 0.05) is 6.54 Å². The Balaban J connectivity index is 1.65. The molecule has 0 atom stereocenters. The smallest absolute Gasteiger partial charge is 0.123 e. The third-order valence-electron chi connectivity index (χ3n) is 3.50. The fourth-order valence-electron chi connectivity index (χ4n) is 2.48. The van der Waals surface area contributed by atoms with Gasteiger partial charge in [-0.15, -0.1) is 0 Å². The minimum Gasteiger partial charge on any atom is -0.327 e. The first kappa shape index (κ1) is 13.3. The molecule has 2 aromatic heterocycles. The maximum atomic E-state index is 4.72. The zero-order valence-corrected chi connectivity index (χ0v) is 12.5. The van der Waals surface area contributed by atoms with Crippen molar-refractivity contribution in [3.8, 4) is 0 Å². The molecule has 0 spiro atoms. The van der Waals surface area contributed by atoms with Crippen LogP contribution in [-0.4, -0.2) is 16.1 Å². The van der Waals surface area contributed by atoms with Crippen LogP contribution >= 0.6 is 11.3 Å². The largest absolute Gasteiger partial charge is 0.327 e. The molecule has 0 radical (unpaired) electrons. The van der Waals surface area contributed by atoms with Gasteiger partial charge in [0.2, 0.25) is 0 Å². The summed E-state index contributed by atoms with van der Waals surface area (Å²) >= 11 is 1.76. The van der Waals surface area contributed by atoms with Crippen molar-refractivity contribution in [3.05, 3.63) is 52.5 Å². The van der Waals surface area contributed by atoms with Gasteiger partial charge in [0.15, 0.2) is 0 Å². The Labute approximate surface area is 123 Å². The molecule has 3 rings (SSSR count). The molecule has 1 N–H and O–H groups in total. The molecule has 0 bridgehead atoms. The highest BCUT2D eigenvalue weighted by Gasteiger charge is 2.08. The molecule has 0 aliphatic carbocycles. The molecule has 0 aliphatic heterocycles. The molecule has 1 aromatic carbocycles. The van der Waals surface area contributed by atoms with Crippen LogP contribution < -0.4 is 5.32 Å². The van der Waals surface area contributed by atoms with Gasteiger partial charge in [-0.05, 0) is 54.4 Å². The van der Waals surface area contributed by atoms with E-state index in [1.807, 2.05) is 6.07 Å². The minimum absolute atomic E-state index is 0.826. The lowest BCUT2D eigenvalue weighted by atomic mass is 10.2. The quantitative estimate of drug-likeness (QED) is 0.703. The van der Waals surface area contributed by atoms with Crippen molar-refractivity contribution in [2.75, 3.05) is 6.54 Å². The summed E-state index contributed by atoms with van der Waals surface area (Å²) in [6.07, 6.45) is 1.08. The van der Waals surface area contributed by atoms with Crippen LogP contribution in [0.4, 0.5) is 0 Å². The SMILES string of the molecule is CCn1c(CNCCc2ccsc2)nc2ccccc21. The zero-order valence-electron chi connectivity index (χ0n) is 11.7. The number of para-hydroxylation sites is 2. The van der Waals surface area contributed by atoms with Crippen LogP contribution in [0, 0.1) is 0 Å². The number of rotatable bonds is 6. The van der Waals surface area contributed by atoms with E-state index >= 15 is 0 Å². The maximum Gasteiger partial charge on any atom is 0.123 e. The zero-order chi connectivity index (χ0) is 13.8. The Bertz CT molecular complexity index is 670. The topological polar surface area (TPSA) is 29.9 Å². The van der Waals surface area contributed by atoms with Gasteiger partial charge >= 0.3 is 0 Å². The van der Waals surface area contributed by atoms with Crippen molar-refractivity contribution in [3.63, 3.8) is 0 Å². The van der Waals surface area contributed by atoms with Gasteiger partial charge < -0.3 is 9.88 Å². The molecule has 3 nitrogen and oxygen atoms in total. The normalized spacial score (nSPS) is 11.2. The van der Waals surface area contributed by atoms with Crippen LogP contribution in [0.15, 0.2) is 41.1 Å². The Hall–Kier alpha value is -1.65. The second-order valence-corrected chi connectivity index (χ2v) is 5.60. The molecule has 0 saturated heterocycles. The van der Waals surface area contributed by atoms with E-state index in [1.165, 1.54) is 11.1 Å². The number of benzene rings is 1. The number of thiophene rings is 1. The summed E-state index contributed by atoms with van der Waals surface area (Å²) in [4.78, 5) is 4.72. The van der Waals surface area contributed by atoms with Crippen LogP contribution in [0.3, 0.4) is 0 Å². The van der Waals surface area contributed by atoms with Crippen molar-refractivity contribution in [2.24, 2.45) is 0 Å². The number of imidazole rings is 1. The van der Waals surface area contributed by atoms with Crippen molar-refractivity contribution in [1.29, 1.82) is 0 Å². The molecule has 0 amide bonds. The predicted octanol–water partition coefficient (Wildman–Crippen LogP) is 3.45. The number of aromatic nitrogens is 2. The fraction of sp³-hybridized carbons (Fsp3) is 0.312. The van der Waals surface area contributed by atoms with Crippen molar-refractivity contribution < 1.29 is 0 Å². The summed E-state index contributed by atoms with van der Waals surface area (Å²) in [5.74, 6) is 1.12. The molecule has 0 saturated carbocycles. The van der Waals surface area contributed by atoms with Crippen LogP contribution in [0.5, 0.6) is 0 Å². The second-order valence-electron chi connectivity index (χ2n) is 4.82. The predicted molar refractivity (Wildman–Crippen MR) is 85.1 cm³/mol. The van der Waals surface area contributed by atoms with Gasteiger partial charge in [-0.1, -0.05) is 12.1 Å². The van der Waals surface area contributed by atoms with E-state index in [2.05, 4.69) is 51.8 Å². The summed E-state index contributed by atoms with van der Waals surface area (Å²) in [6.45, 7) is 4.95. The van der Waals surface area contributed by atoms with Crippen LogP contribution in [0.2, 0.25) is 0 Å². The van der Waals surface area contributed by atoms with Crippen molar-refractivity contribution >= 4 is 22.4 Å². The lowest BCUT2D eigenvalue weighted by molar-refractivity contribution is 0.621. The van der Waals surface area contributed by atoms with E-state index in [0.717, 1.165) is 37.4 Å². The number of hydrogen-bond donors (Lipinski definition) is 1. The minimum atomic E-state index is 0.826. The molecular formula is C16H19N3S. The molecule has 0 fully saturated rings.